The molecule has 16 unspecified atom stereocenters. The summed E-state index contributed by atoms with van der Waals surface area (Å²) in [6.07, 6.45) is 11.6. The van der Waals surface area contributed by atoms with Gasteiger partial charge in [-0.2, -0.15) is 0 Å². The van der Waals surface area contributed by atoms with Gasteiger partial charge in [0.05, 0.1) is 37.1 Å². The van der Waals surface area contributed by atoms with E-state index in [1.165, 1.54) is 0 Å². The number of aliphatic hydroxyl groups excluding tert-OH is 1. The first-order valence-electron chi connectivity index (χ1n) is 19.6. The van der Waals surface area contributed by atoms with Crippen molar-refractivity contribution in [2.24, 2.45) is 23.7 Å². The van der Waals surface area contributed by atoms with E-state index in [1.54, 1.807) is 20.3 Å². The average molecular weight is 743 g/mol. The molecule has 3 fully saturated rings. The maximum atomic E-state index is 14.3. The number of methoxy groups -OCH3 is 2. The number of carbonyl (C=O) groups is 1. The Morgan fingerprint density at radius 2 is 1.77 bits per heavy atom. The highest BCUT2D eigenvalue weighted by atomic mass is 16.7. The second-order valence-corrected chi connectivity index (χ2v) is 16.3. The minimum atomic E-state index is -1.68. The molecule has 0 radical (unpaired) electrons. The van der Waals surface area contributed by atoms with Gasteiger partial charge >= 0.3 is 5.97 Å². The van der Waals surface area contributed by atoms with Crippen molar-refractivity contribution in [2.45, 2.75) is 153 Å². The zero-order chi connectivity index (χ0) is 38.2. The summed E-state index contributed by atoms with van der Waals surface area (Å²) >= 11 is 0. The minimum Gasteiger partial charge on any atom is -0.462 e. The van der Waals surface area contributed by atoms with Crippen molar-refractivity contribution < 1.29 is 52.9 Å². The maximum Gasteiger partial charge on any atom is 0.316 e. The third-order valence-corrected chi connectivity index (χ3v) is 12.5. The number of hydrogen-bond donors (Lipinski definition) is 2. The van der Waals surface area contributed by atoms with Crippen molar-refractivity contribution in [3.8, 4) is 0 Å². The first-order chi connectivity index (χ1) is 25.2. The molecule has 0 amide bonds. The highest BCUT2D eigenvalue weighted by molar-refractivity contribution is 5.78. The van der Waals surface area contributed by atoms with Gasteiger partial charge < -0.3 is 48.1 Å². The van der Waals surface area contributed by atoms with Gasteiger partial charge in [0.2, 0.25) is 0 Å². The molecule has 5 aliphatic heterocycles. The minimum absolute atomic E-state index is 0.0623. The van der Waals surface area contributed by atoms with Crippen LogP contribution in [-0.2, 0) is 42.7 Å². The van der Waals surface area contributed by atoms with Crippen molar-refractivity contribution in [3.05, 3.63) is 59.3 Å². The molecule has 296 valence electrons. The van der Waals surface area contributed by atoms with Crippen LogP contribution >= 0.6 is 0 Å². The topological polar surface area (TPSA) is 131 Å². The largest absolute Gasteiger partial charge is 0.462 e. The molecule has 11 nitrogen and oxygen atoms in total. The normalized spacial score (nSPS) is 45.5. The van der Waals surface area contributed by atoms with E-state index in [1.807, 2.05) is 45.1 Å². The quantitative estimate of drug-likeness (QED) is 0.265. The van der Waals surface area contributed by atoms with E-state index in [2.05, 4.69) is 39.8 Å². The molecular weight excluding hydrogens is 680 g/mol. The summed E-state index contributed by atoms with van der Waals surface area (Å²) in [7, 11) is 3.17. The van der Waals surface area contributed by atoms with Crippen LogP contribution in [0.5, 0.6) is 0 Å². The summed E-state index contributed by atoms with van der Waals surface area (Å²) in [5, 5.41) is 23.2. The first kappa shape index (κ1) is 40.5. The predicted octanol–water partition coefficient (Wildman–Crippen LogP) is 5.50. The molecule has 16 atom stereocenters. The van der Waals surface area contributed by atoms with Crippen LogP contribution in [0.25, 0.3) is 0 Å². The van der Waals surface area contributed by atoms with Gasteiger partial charge in [0.1, 0.15) is 35.9 Å². The molecular formula is C42H62O11. The van der Waals surface area contributed by atoms with E-state index < -0.39 is 72.3 Å². The van der Waals surface area contributed by atoms with Crippen molar-refractivity contribution in [1.82, 2.24) is 0 Å². The number of allylic oxidation sites excluding steroid dienone is 2. The fourth-order valence-electron chi connectivity index (χ4n) is 9.16. The third-order valence-electron chi connectivity index (χ3n) is 12.5. The molecule has 11 heteroatoms. The van der Waals surface area contributed by atoms with Gasteiger partial charge in [-0.1, -0.05) is 70.6 Å². The lowest BCUT2D eigenvalue weighted by atomic mass is 9.70. The molecule has 2 N–H and O–H groups in total. The van der Waals surface area contributed by atoms with Crippen LogP contribution in [0, 0.1) is 23.7 Å². The Labute approximate surface area is 315 Å². The summed E-state index contributed by atoms with van der Waals surface area (Å²) in [5.41, 5.74) is 0.676. The van der Waals surface area contributed by atoms with Crippen LogP contribution in [-0.4, -0.2) is 110 Å². The summed E-state index contributed by atoms with van der Waals surface area (Å²) in [5.74, 6) is -2.23. The van der Waals surface area contributed by atoms with E-state index in [-0.39, 0.29) is 30.7 Å². The molecule has 0 aromatic rings. The van der Waals surface area contributed by atoms with Gasteiger partial charge in [0.15, 0.2) is 12.1 Å². The van der Waals surface area contributed by atoms with E-state index in [9.17, 15) is 15.0 Å². The molecule has 0 aromatic heterocycles. The van der Waals surface area contributed by atoms with Gasteiger partial charge in [-0.15, -0.1) is 0 Å². The lowest BCUT2D eigenvalue weighted by Gasteiger charge is -2.48. The number of hydrogen-bond acceptors (Lipinski definition) is 11. The number of fused-ring (bicyclic) bond motifs is 2. The Morgan fingerprint density at radius 3 is 2.49 bits per heavy atom. The number of aliphatic hydroxyl groups is 2. The fraction of sp³-hybridized carbons (Fsp3) is 0.738. The maximum absolute atomic E-state index is 14.3. The highest BCUT2D eigenvalue weighted by Crippen LogP contribution is 2.47. The third kappa shape index (κ3) is 8.07. The molecule has 3 saturated heterocycles. The van der Waals surface area contributed by atoms with E-state index in [0.717, 1.165) is 17.6 Å². The SMILES string of the molecule is CCC(C)C1OC2(C=CC1C)CC1CC(CC=C(C)C(OC3CC(OC)C(O)C(C)O3)C(C)C=CC=C3COC4C(OC)C(C)=CC(C(=O)O1)C34O)O2. The number of carbonyl (C=O) groups excluding carboxylic acids is 1. The van der Waals surface area contributed by atoms with Gasteiger partial charge in [-0.05, 0) is 55.9 Å². The zero-order valence-electron chi connectivity index (χ0n) is 32.9. The summed E-state index contributed by atoms with van der Waals surface area (Å²) in [4.78, 5) is 14.3. The monoisotopic (exact) mass is 742 g/mol. The Bertz CT molecular complexity index is 1470. The van der Waals surface area contributed by atoms with E-state index >= 15 is 0 Å². The van der Waals surface area contributed by atoms with E-state index in [0.29, 0.717) is 37.2 Å². The van der Waals surface area contributed by atoms with Crippen LogP contribution in [0.1, 0.15) is 80.6 Å². The molecule has 5 heterocycles. The molecule has 1 spiro atoms. The molecule has 0 saturated carbocycles. The smallest absolute Gasteiger partial charge is 0.316 e. The zero-order valence-corrected chi connectivity index (χ0v) is 32.9. The Balaban J connectivity index is 1.39. The van der Waals surface area contributed by atoms with Crippen LogP contribution in [0.3, 0.4) is 0 Å². The Kier molecular flexibility index (Phi) is 12.6. The Hall–Kier alpha value is -2.19. The first-order valence-corrected chi connectivity index (χ1v) is 19.6. The van der Waals surface area contributed by atoms with Gasteiger partial charge in [0.25, 0.3) is 0 Å². The van der Waals surface area contributed by atoms with Crippen LogP contribution in [0.15, 0.2) is 59.3 Å². The molecule has 1 aliphatic carbocycles. The van der Waals surface area contributed by atoms with Crippen molar-refractivity contribution >= 4 is 5.97 Å². The number of esters is 1. The molecule has 6 rings (SSSR count). The summed E-state index contributed by atoms with van der Waals surface area (Å²) in [6.45, 7) is 14.5. The summed E-state index contributed by atoms with van der Waals surface area (Å²) in [6, 6.07) is 0. The van der Waals surface area contributed by atoms with Crippen LogP contribution in [0.4, 0.5) is 0 Å². The standard InChI is InChI=1S/C42H62O11/c1-10-23(2)37-26(5)16-17-41(53-37)21-31-19-30(52-41)15-14-25(4)36(51-34-20-33(46-8)35(43)28(7)49-34)24(3)12-11-13-29-22-48-39-38(47-9)27(6)18-32(40(44)50-31)42(29,39)45/h11-14,16-18,23-24,26,28,30-39,43,45H,10,15,19-22H2,1-9H3. The number of rotatable bonds is 6. The molecule has 2 bridgehead atoms. The lowest BCUT2D eigenvalue weighted by molar-refractivity contribution is -0.300. The summed E-state index contributed by atoms with van der Waals surface area (Å²) < 4.78 is 50.6. The van der Waals surface area contributed by atoms with Crippen molar-refractivity contribution in [1.29, 1.82) is 0 Å². The molecule has 53 heavy (non-hydrogen) atoms. The van der Waals surface area contributed by atoms with Gasteiger partial charge in [0, 0.05) is 45.3 Å². The fourth-order valence-corrected chi connectivity index (χ4v) is 9.16. The van der Waals surface area contributed by atoms with Crippen LogP contribution < -0.4 is 0 Å². The molecule has 0 aromatic carbocycles. The van der Waals surface area contributed by atoms with E-state index in [4.69, 9.17) is 37.9 Å². The second-order valence-electron chi connectivity index (χ2n) is 16.3. The van der Waals surface area contributed by atoms with Gasteiger partial charge in [-0.25, -0.2) is 0 Å². The Morgan fingerprint density at radius 1 is 1.00 bits per heavy atom. The number of ether oxygens (including phenoxy) is 8. The van der Waals surface area contributed by atoms with Crippen molar-refractivity contribution in [3.63, 3.8) is 0 Å². The predicted molar refractivity (Wildman–Crippen MR) is 197 cm³/mol. The van der Waals surface area contributed by atoms with Crippen molar-refractivity contribution in [2.75, 3.05) is 20.8 Å². The van der Waals surface area contributed by atoms with Gasteiger partial charge in [-0.3, -0.25) is 4.79 Å². The second kappa shape index (κ2) is 16.5. The molecule has 6 aliphatic rings. The highest BCUT2D eigenvalue weighted by Gasteiger charge is 2.60. The average Bonchev–Trinajstić information content (AvgIpc) is 3.46. The lowest BCUT2D eigenvalue weighted by Crippen LogP contribution is -2.58. The van der Waals surface area contributed by atoms with Crippen LogP contribution in [0.2, 0.25) is 0 Å².